The van der Waals surface area contributed by atoms with E-state index < -0.39 is 16.1 Å². The van der Waals surface area contributed by atoms with Gasteiger partial charge < -0.3 is 14.8 Å². The molecular formula is C24H25ClN2O5S. The Morgan fingerprint density at radius 3 is 2.03 bits per heavy atom. The molecule has 0 aliphatic carbocycles. The lowest BCUT2D eigenvalue weighted by atomic mass is 10.2. The van der Waals surface area contributed by atoms with Gasteiger partial charge in [0.2, 0.25) is 0 Å². The maximum absolute atomic E-state index is 12.7. The summed E-state index contributed by atoms with van der Waals surface area (Å²) in [6.45, 7) is 4.24. The molecule has 2 N–H and O–H groups in total. The Hall–Kier alpha value is -3.23. The number of hydrogen-bond donors (Lipinski definition) is 2. The topological polar surface area (TPSA) is 93.7 Å². The Morgan fingerprint density at radius 1 is 0.879 bits per heavy atom. The van der Waals surface area contributed by atoms with E-state index >= 15 is 0 Å². The van der Waals surface area contributed by atoms with Crippen molar-refractivity contribution < 1.29 is 22.7 Å². The van der Waals surface area contributed by atoms with Gasteiger partial charge in [-0.25, -0.2) is 8.42 Å². The molecule has 0 saturated carbocycles. The van der Waals surface area contributed by atoms with E-state index in [1.807, 2.05) is 13.8 Å². The SMILES string of the molecule is CCOc1ccc(NS(=O)(=O)c2ccc(NC(=O)[C@@H](CC)Oc3ccc(Cl)cc3)cc2)cc1. The van der Waals surface area contributed by atoms with Gasteiger partial charge in [0.05, 0.1) is 11.5 Å². The summed E-state index contributed by atoms with van der Waals surface area (Å²) < 4.78 is 39.0. The van der Waals surface area contributed by atoms with Gasteiger partial charge in [-0.1, -0.05) is 18.5 Å². The zero-order valence-electron chi connectivity index (χ0n) is 18.2. The molecule has 3 aromatic carbocycles. The van der Waals surface area contributed by atoms with Crippen LogP contribution < -0.4 is 19.5 Å². The van der Waals surface area contributed by atoms with Gasteiger partial charge in [0.25, 0.3) is 15.9 Å². The largest absolute Gasteiger partial charge is 0.494 e. The van der Waals surface area contributed by atoms with E-state index in [-0.39, 0.29) is 10.8 Å². The lowest BCUT2D eigenvalue weighted by Crippen LogP contribution is -2.32. The maximum Gasteiger partial charge on any atom is 0.265 e. The average Bonchev–Trinajstić information content (AvgIpc) is 2.80. The van der Waals surface area contributed by atoms with Crippen LogP contribution in [-0.4, -0.2) is 27.0 Å². The molecule has 174 valence electrons. The van der Waals surface area contributed by atoms with Crippen LogP contribution >= 0.6 is 11.6 Å². The first-order valence-electron chi connectivity index (χ1n) is 10.4. The van der Waals surface area contributed by atoms with Crippen LogP contribution in [0.3, 0.4) is 0 Å². The Morgan fingerprint density at radius 2 is 1.45 bits per heavy atom. The summed E-state index contributed by atoms with van der Waals surface area (Å²) >= 11 is 5.87. The minimum Gasteiger partial charge on any atom is -0.494 e. The summed E-state index contributed by atoms with van der Waals surface area (Å²) in [7, 11) is -3.79. The molecule has 0 spiro atoms. The van der Waals surface area contributed by atoms with Crippen molar-refractivity contribution in [1.29, 1.82) is 0 Å². The highest BCUT2D eigenvalue weighted by atomic mass is 35.5. The number of benzene rings is 3. The van der Waals surface area contributed by atoms with Crippen molar-refractivity contribution >= 4 is 38.9 Å². The van der Waals surface area contributed by atoms with Gasteiger partial charge in [-0.15, -0.1) is 0 Å². The van der Waals surface area contributed by atoms with Gasteiger partial charge in [-0.3, -0.25) is 9.52 Å². The number of ether oxygens (including phenoxy) is 2. The molecule has 1 amide bonds. The fourth-order valence-corrected chi connectivity index (χ4v) is 4.12. The molecule has 9 heteroatoms. The number of anilines is 2. The summed E-state index contributed by atoms with van der Waals surface area (Å²) in [5, 5.41) is 3.33. The molecule has 3 aromatic rings. The van der Waals surface area contributed by atoms with E-state index in [4.69, 9.17) is 21.1 Å². The van der Waals surface area contributed by atoms with Crippen molar-refractivity contribution in [2.75, 3.05) is 16.6 Å². The minimum absolute atomic E-state index is 0.0684. The standard InChI is InChI=1S/C24H25ClN2O5S/c1-3-23(32-21-11-5-17(25)6-12-21)24(28)26-18-9-15-22(16-10-18)33(29,30)27-19-7-13-20(14-8-19)31-4-2/h5-16,23,27H,3-4H2,1-2H3,(H,26,28)/t23-/m1/s1. The van der Waals surface area contributed by atoms with Crippen LogP contribution in [0.5, 0.6) is 11.5 Å². The molecule has 0 aliphatic heterocycles. The molecule has 0 radical (unpaired) electrons. The van der Waals surface area contributed by atoms with Crippen molar-refractivity contribution in [1.82, 2.24) is 0 Å². The number of amides is 1. The highest BCUT2D eigenvalue weighted by Crippen LogP contribution is 2.22. The number of sulfonamides is 1. The predicted molar refractivity (Wildman–Crippen MR) is 130 cm³/mol. The number of rotatable bonds is 10. The highest BCUT2D eigenvalue weighted by Gasteiger charge is 2.19. The van der Waals surface area contributed by atoms with Gasteiger partial charge in [-0.05, 0) is 86.1 Å². The van der Waals surface area contributed by atoms with Crippen molar-refractivity contribution in [2.45, 2.75) is 31.3 Å². The molecule has 0 fully saturated rings. The van der Waals surface area contributed by atoms with Crippen molar-refractivity contribution in [3.63, 3.8) is 0 Å². The third kappa shape index (κ3) is 6.87. The first kappa shape index (κ1) is 24.4. The highest BCUT2D eigenvalue weighted by molar-refractivity contribution is 7.92. The van der Waals surface area contributed by atoms with Crippen molar-refractivity contribution in [3.8, 4) is 11.5 Å². The zero-order valence-corrected chi connectivity index (χ0v) is 19.8. The Kier molecular flexibility index (Phi) is 8.19. The molecule has 0 unspecified atom stereocenters. The van der Waals surface area contributed by atoms with Crippen LogP contribution in [-0.2, 0) is 14.8 Å². The molecule has 0 heterocycles. The minimum atomic E-state index is -3.79. The average molecular weight is 489 g/mol. The molecule has 7 nitrogen and oxygen atoms in total. The molecule has 0 aliphatic rings. The van der Waals surface area contributed by atoms with E-state index in [9.17, 15) is 13.2 Å². The lowest BCUT2D eigenvalue weighted by molar-refractivity contribution is -0.122. The summed E-state index contributed by atoms with van der Waals surface area (Å²) in [4.78, 5) is 12.7. The Balaban J connectivity index is 1.63. The van der Waals surface area contributed by atoms with E-state index in [0.717, 1.165) is 0 Å². The normalized spacial score (nSPS) is 12.0. The molecule has 0 bridgehead atoms. The fraction of sp³-hybridized carbons (Fsp3) is 0.208. The Bertz CT molecular complexity index is 1160. The van der Waals surface area contributed by atoms with Crippen LogP contribution in [0, 0.1) is 0 Å². The molecule has 0 aromatic heterocycles. The third-order valence-electron chi connectivity index (χ3n) is 4.60. The van der Waals surface area contributed by atoms with Gasteiger partial charge in [0, 0.05) is 16.4 Å². The van der Waals surface area contributed by atoms with E-state index in [0.29, 0.717) is 40.9 Å². The number of hydrogen-bond acceptors (Lipinski definition) is 5. The van der Waals surface area contributed by atoms with Crippen molar-refractivity contribution in [3.05, 3.63) is 77.8 Å². The van der Waals surface area contributed by atoms with Gasteiger partial charge in [-0.2, -0.15) is 0 Å². The molecule has 33 heavy (non-hydrogen) atoms. The number of halogens is 1. The lowest BCUT2D eigenvalue weighted by Gasteiger charge is -2.17. The van der Waals surface area contributed by atoms with Crippen LogP contribution in [0.2, 0.25) is 5.02 Å². The predicted octanol–water partition coefficient (Wildman–Crippen LogP) is 5.34. The summed E-state index contributed by atoms with van der Waals surface area (Å²) in [6, 6.07) is 19.3. The first-order chi connectivity index (χ1) is 15.8. The third-order valence-corrected chi connectivity index (χ3v) is 6.25. The summed E-state index contributed by atoms with van der Waals surface area (Å²) in [5.41, 5.74) is 0.874. The quantitative estimate of drug-likeness (QED) is 0.402. The second kappa shape index (κ2) is 11.1. The number of nitrogens with one attached hydrogen (secondary N) is 2. The van der Waals surface area contributed by atoms with E-state index in [1.165, 1.54) is 24.3 Å². The zero-order chi connectivity index (χ0) is 23.8. The van der Waals surface area contributed by atoms with Crippen LogP contribution in [0.4, 0.5) is 11.4 Å². The van der Waals surface area contributed by atoms with Gasteiger partial charge in [0.15, 0.2) is 6.10 Å². The molecule has 1 atom stereocenters. The second-order valence-corrected chi connectivity index (χ2v) is 9.16. The maximum atomic E-state index is 12.7. The fourth-order valence-electron chi connectivity index (χ4n) is 2.94. The second-order valence-electron chi connectivity index (χ2n) is 7.05. The van der Waals surface area contributed by atoms with E-state index in [2.05, 4.69) is 10.0 Å². The smallest absolute Gasteiger partial charge is 0.265 e. The summed E-state index contributed by atoms with van der Waals surface area (Å²) in [5.74, 6) is 0.852. The van der Waals surface area contributed by atoms with Crippen molar-refractivity contribution in [2.24, 2.45) is 0 Å². The Labute approximate surface area is 198 Å². The van der Waals surface area contributed by atoms with Crippen LogP contribution in [0.15, 0.2) is 77.7 Å². The monoisotopic (exact) mass is 488 g/mol. The molecule has 0 saturated heterocycles. The van der Waals surface area contributed by atoms with Crippen LogP contribution in [0.1, 0.15) is 20.3 Å². The van der Waals surface area contributed by atoms with Gasteiger partial charge in [0.1, 0.15) is 11.5 Å². The number of carbonyl (C=O) groups is 1. The number of carbonyl (C=O) groups excluding carboxylic acids is 1. The molecular weight excluding hydrogens is 464 g/mol. The molecule has 3 rings (SSSR count). The van der Waals surface area contributed by atoms with E-state index in [1.54, 1.807) is 48.5 Å². The van der Waals surface area contributed by atoms with Gasteiger partial charge >= 0.3 is 0 Å². The van der Waals surface area contributed by atoms with Crippen LogP contribution in [0.25, 0.3) is 0 Å². The first-order valence-corrected chi connectivity index (χ1v) is 12.3. The summed E-state index contributed by atoms with van der Waals surface area (Å²) in [6.07, 6.45) is -0.261.